The molecule has 0 N–H and O–H groups in total. The first kappa shape index (κ1) is 15.0. The van der Waals surface area contributed by atoms with Crippen LogP contribution in [0.1, 0.15) is 16.5 Å². The van der Waals surface area contributed by atoms with Crippen LogP contribution in [-0.2, 0) is 19.4 Å². The van der Waals surface area contributed by atoms with E-state index in [1.807, 2.05) is 19.1 Å². The molecule has 0 aliphatic rings. The number of rotatable bonds is 5. The molecule has 0 fully saturated rings. The zero-order chi connectivity index (χ0) is 14.8. The summed E-state index contributed by atoms with van der Waals surface area (Å²) in [5, 5.41) is 3.26. The first-order valence-electron chi connectivity index (χ1n) is 6.79. The van der Waals surface area contributed by atoms with Gasteiger partial charge < -0.3 is 4.57 Å². The van der Waals surface area contributed by atoms with Gasteiger partial charge in [-0.1, -0.05) is 15.9 Å². The fraction of sp³-hybridized carbons (Fsp3) is 0.333. The molecule has 0 atom stereocenters. The molecule has 0 amide bonds. The van der Waals surface area contributed by atoms with Gasteiger partial charge in [0.25, 0.3) is 0 Å². The summed E-state index contributed by atoms with van der Waals surface area (Å²) in [6.07, 6.45) is 1.70. The SMILES string of the molecule is Cc1csc(CCn2c(CCCl)nc3ccc(Br)cc32)n1. The highest BCUT2D eigenvalue weighted by Gasteiger charge is 2.11. The Morgan fingerprint density at radius 3 is 2.86 bits per heavy atom. The summed E-state index contributed by atoms with van der Waals surface area (Å²) in [7, 11) is 0. The van der Waals surface area contributed by atoms with Crippen LogP contribution in [0.4, 0.5) is 0 Å². The van der Waals surface area contributed by atoms with E-state index in [4.69, 9.17) is 16.6 Å². The third-order valence-corrected chi connectivity index (χ3v) is 5.03. The van der Waals surface area contributed by atoms with Crippen molar-refractivity contribution in [1.82, 2.24) is 14.5 Å². The van der Waals surface area contributed by atoms with E-state index in [0.717, 1.165) is 46.4 Å². The van der Waals surface area contributed by atoms with Gasteiger partial charge in [0.1, 0.15) is 5.82 Å². The standard InChI is InChI=1S/C15H15BrClN3S/c1-10-9-21-15(18-10)5-7-20-13-8-11(16)2-3-12(13)19-14(20)4-6-17/h2-3,8-9H,4-7H2,1H3. The Labute approximate surface area is 141 Å². The van der Waals surface area contributed by atoms with Crippen molar-refractivity contribution >= 4 is 49.9 Å². The summed E-state index contributed by atoms with van der Waals surface area (Å²) in [6.45, 7) is 2.91. The van der Waals surface area contributed by atoms with Crippen LogP contribution in [0.25, 0.3) is 11.0 Å². The van der Waals surface area contributed by atoms with E-state index in [1.165, 1.54) is 5.01 Å². The van der Waals surface area contributed by atoms with E-state index < -0.39 is 0 Å². The van der Waals surface area contributed by atoms with Gasteiger partial charge in [0.15, 0.2) is 0 Å². The molecule has 0 aliphatic carbocycles. The minimum Gasteiger partial charge on any atom is -0.327 e. The number of thiazole rings is 1. The molecule has 6 heteroatoms. The highest BCUT2D eigenvalue weighted by Crippen LogP contribution is 2.22. The smallest absolute Gasteiger partial charge is 0.111 e. The fourth-order valence-electron chi connectivity index (χ4n) is 2.40. The Balaban J connectivity index is 1.94. The van der Waals surface area contributed by atoms with E-state index in [0.29, 0.717) is 5.88 Å². The van der Waals surface area contributed by atoms with Gasteiger partial charge in [-0.05, 0) is 25.1 Å². The number of alkyl halides is 1. The molecule has 1 aromatic carbocycles. The molecule has 0 spiro atoms. The van der Waals surface area contributed by atoms with Crippen LogP contribution in [-0.4, -0.2) is 20.4 Å². The maximum Gasteiger partial charge on any atom is 0.111 e. The molecule has 0 aliphatic heterocycles. The summed E-state index contributed by atoms with van der Waals surface area (Å²) in [5.41, 5.74) is 3.26. The first-order chi connectivity index (χ1) is 10.2. The van der Waals surface area contributed by atoms with Crippen molar-refractivity contribution in [1.29, 1.82) is 0 Å². The topological polar surface area (TPSA) is 30.7 Å². The molecule has 3 rings (SSSR count). The first-order valence-corrected chi connectivity index (χ1v) is 8.99. The highest BCUT2D eigenvalue weighted by molar-refractivity contribution is 9.10. The molecule has 2 aromatic heterocycles. The summed E-state index contributed by atoms with van der Waals surface area (Å²) in [5.74, 6) is 1.63. The molecular weight excluding hydrogens is 370 g/mol. The lowest BCUT2D eigenvalue weighted by atomic mass is 10.3. The number of aromatic nitrogens is 3. The van der Waals surface area contributed by atoms with Crippen molar-refractivity contribution in [3.63, 3.8) is 0 Å². The summed E-state index contributed by atoms with van der Waals surface area (Å²) in [6, 6.07) is 6.18. The molecule has 0 saturated carbocycles. The summed E-state index contributed by atoms with van der Waals surface area (Å²) < 4.78 is 3.33. The highest BCUT2D eigenvalue weighted by atomic mass is 79.9. The van der Waals surface area contributed by atoms with Crippen LogP contribution in [0, 0.1) is 6.92 Å². The Morgan fingerprint density at radius 2 is 2.14 bits per heavy atom. The van der Waals surface area contributed by atoms with Gasteiger partial charge >= 0.3 is 0 Å². The van der Waals surface area contributed by atoms with Crippen molar-refractivity contribution in [2.45, 2.75) is 26.3 Å². The fourth-order valence-corrected chi connectivity index (χ4v) is 3.68. The molecule has 21 heavy (non-hydrogen) atoms. The average Bonchev–Trinajstić information content (AvgIpc) is 3.01. The Hall–Kier alpha value is -0.910. The zero-order valence-electron chi connectivity index (χ0n) is 11.6. The molecule has 2 heterocycles. The van der Waals surface area contributed by atoms with Gasteiger partial charge in [0.05, 0.1) is 16.0 Å². The Morgan fingerprint density at radius 1 is 1.29 bits per heavy atom. The normalized spacial score (nSPS) is 11.4. The molecule has 3 aromatic rings. The van der Waals surface area contributed by atoms with Crippen molar-refractivity contribution in [3.05, 3.63) is 44.6 Å². The summed E-state index contributed by atoms with van der Waals surface area (Å²) >= 11 is 11.2. The van der Waals surface area contributed by atoms with E-state index in [9.17, 15) is 0 Å². The van der Waals surface area contributed by atoms with Crippen molar-refractivity contribution in [3.8, 4) is 0 Å². The van der Waals surface area contributed by atoms with Gasteiger partial charge in [-0.3, -0.25) is 0 Å². The average molecular weight is 385 g/mol. The van der Waals surface area contributed by atoms with E-state index in [-0.39, 0.29) is 0 Å². The van der Waals surface area contributed by atoms with Gasteiger partial charge in [0.2, 0.25) is 0 Å². The number of hydrogen-bond donors (Lipinski definition) is 0. The lowest BCUT2D eigenvalue weighted by Gasteiger charge is -2.07. The van der Waals surface area contributed by atoms with Crippen LogP contribution in [0.5, 0.6) is 0 Å². The van der Waals surface area contributed by atoms with Crippen molar-refractivity contribution in [2.75, 3.05) is 5.88 Å². The lowest BCUT2D eigenvalue weighted by molar-refractivity contribution is 0.672. The summed E-state index contributed by atoms with van der Waals surface area (Å²) in [4.78, 5) is 9.23. The Kier molecular flexibility index (Phi) is 4.62. The second-order valence-corrected chi connectivity index (χ2v) is 7.12. The number of benzene rings is 1. The molecule has 0 saturated heterocycles. The molecular formula is C15H15BrClN3S. The van der Waals surface area contributed by atoms with Gasteiger partial charge in [-0.25, -0.2) is 9.97 Å². The number of nitrogens with zero attached hydrogens (tertiary/aromatic N) is 3. The molecule has 3 nitrogen and oxygen atoms in total. The van der Waals surface area contributed by atoms with Gasteiger partial charge in [-0.15, -0.1) is 22.9 Å². The largest absolute Gasteiger partial charge is 0.327 e. The third kappa shape index (κ3) is 3.30. The van der Waals surface area contributed by atoms with Gasteiger partial charge in [-0.2, -0.15) is 0 Å². The van der Waals surface area contributed by atoms with Crippen LogP contribution < -0.4 is 0 Å². The van der Waals surface area contributed by atoms with Crippen molar-refractivity contribution in [2.24, 2.45) is 0 Å². The number of fused-ring (bicyclic) bond motifs is 1. The van der Waals surface area contributed by atoms with Gasteiger partial charge in [0, 0.05) is 40.8 Å². The minimum atomic E-state index is 0.584. The van der Waals surface area contributed by atoms with E-state index in [1.54, 1.807) is 11.3 Å². The van der Waals surface area contributed by atoms with Crippen LogP contribution in [0.2, 0.25) is 0 Å². The van der Waals surface area contributed by atoms with Crippen LogP contribution in [0.15, 0.2) is 28.1 Å². The van der Waals surface area contributed by atoms with Crippen LogP contribution >= 0.6 is 38.9 Å². The molecule has 0 unspecified atom stereocenters. The minimum absolute atomic E-state index is 0.584. The van der Waals surface area contributed by atoms with E-state index in [2.05, 4.69) is 36.9 Å². The number of aryl methyl sites for hydroxylation is 4. The number of imidazole rings is 1. The second kappa shape index (κ2) is 6.46. The van der Waals surface area contributed by atoms with Crippen molar-refractivity contribution < 1.29 is 0 Å². The van der Waals surface area contributed by atoms with E-state index >= 15 is 0 Å². The maximum atomic E-state index is 5.91. The molecule has 0 bridgehead atoms. The third-order valence-electron chi connectivity index (χ3n) is 3.32. The Bertz CT molecular complexity index is 765. The molecule has 110 valence electrons. The second-order valence-electron chi connectivity index (χ2n) is 4.88. The quantitative estimate of drug-likeness (QED) is 0.602. The number of halogens is 2. The number of hydrogen-bond acceptors (Lipinski definition) is 3. The lowest BCUT2D eigenvalue weighted by Crippen LogP contribution is -2.07. The van der Waals surface area contributed by atoms with Crippen LogP contribution in [0.3, 0.4) is 0 Å². The zero-order valence-corrected chi connectivity index (χ0v) is 14.8. The predicted molar refractivity (Wildman–Crippen MR) is 92.4 cm³/mol. The molecule has 0 radical (unpaired) electrons. The monoisotopic (exact) mass is 383 g/mol. The maximum absolute atomic E-state index is 5.91. The predicted octanol–water partition coefficient (Wildman–Crippen LogP) is 4.59.